The average Bonchev–Trinajstić information content (AvgIpc) is 2.61. The van der Waals surface area contributed by atoms with Crippen LogP contribution in [0.4, 0.5) is 18.9 Å². The van der Waals surface area contributed by atoms with Crippen molar-refractivity contribution in [2.24, 2.45) is 5.92 Å². The van der Waals surface area contributed by atoms with Crippen LogP contribution >= 0.6 is 11.6 Å². The first-order valence-electron chi connectivity index (χ1n) is 9.21. The molecular weight excluding hydrogens is 395 g/mol. The number of rotatable bonds is 5. The fourth-order valence-electron chi connectivity index (χ4n) is 3.18. The van der Waals surface area contributed by atoms with Crippen LogP contribution in [0.1, 0.15) is 39.2 Å². The minimum atomic E-state index is -4.60. The van der Waals surface area contributed by atoms with Crippen molar-refractivity contribution in [2.45, 2.75) is 51.9 Å². The average molecular weight is 420 g/mol. The lowest BCUT2D eigenvalue weighted by molar-refractivity contribution is -0.137. The summed E-state index contributed by atoms with van der Waals surface area (Å²) in [5.41, 5.74) is -0.948. The summed E-state index contributed by atoms with van der Waals surface area (Å²) in [5, 5.41) is 5.00. The van der Waals surface area contributed by atoms with Crippen LogP contribution < -0.4 is 10.6 Å². The summed E-state index contributed by atoms with van der Waals surface area (Å²) in [4.78, 5) is 26.5. The third kappa shape index (κ3) is 5.85. The van der Waals surface area contributed by atoms with Gasteiger partial charge < -0.3 is 10.6 Å². The Labute approximate surface area is 167 Å². The van der Waals surface area contributed by atoms with E-state index in [0.29, 0.717) is 25.9 Å². The zero-order chi connectivity index (χ0) is 21.1. The van der Waals surface area contributed by atoms with Crippen molar-refractivity contribution in [3.63, 3.8) is 0 Å². The molecule has 0 aromatic heterocycles. The summed E-state index contributed by atoms with van der Waals surface area (Å²) >= 11 is 5.60. The normalized spacial score (nSPS) is 17.4. The van der Waals surface area contributed by atoms with Crippen molar-refractivity contribution in [2.75, 3.05) is 18.4 Å². The molecule has 1 aliphatic heterocycles. The molecule has 0 bridgehead atoms. The zero-order valence-electron chi connectivity index (χ0n) is 16.1. The van der Waals surface area contributed by atoms with Crippen molar-refractivity contribution in [3.8, 4) is 0 Å². The fourth-order valence-corrected chi connectivity index (χ4v) is 3.41. The summed E-state index contributed by atoms with van der Waals surface area (Å²) in [6, 6.07) is 2.83. The second-order valence-corrected chi connectivity index (χ2v) is 7.74. The van der Waals surface area contributed by atoms with E-state index in [1.165, 1.54) is 6.07 Å². The highest BCUT2D eigenvalue weighted by Gasteiger charge is 2.34. The van der Waals surface area contributed by atoms with Gasteiger partial charge >= 0.3 is 6.18 Å². The van der Waals surface area contributed by atoms with E-state index in [1.54, 1.807) is 6.92 Å². The van der Waals surface area contributed by atoms with Gasteiger partial charge in [0.05, 0.1) is 16.6 Å². The minimum absolute atomic E-state index is 0.0209. The molecule has 1 aromatic carbocycles. The summed E-state index contributed by atoms with van der Waals surface area (Å²) < 4.78 is 38.9. The van der Waals surface area contributed by atoms with E-state index in [-0.39, 0.29) is 23.6 Å². The summed E-state index contributed by atoms with van der Waals surface area (Å²) in [6.45, 7) is 6.64. The molecule has 2 N–H and O–H groups in total. The van der Waals surface area contributed by atoms with Crippen molar-refractivity contribution in [1.82, 2.24) is 10.2 Å². The van der Waals surface area contributed by atoms with Crippen LogP contribution in [-0.2, 0) is 15.8 Å². The molecule has 0 spiro atoms. The van der Waals surface area contributed by atoms with Crippen LogP contribution in [0.2, 0.25) is 5.02 Å². The number of anilines is 1. The maximum atomic E-state index is 13.0. The number of nitrogens with zero attached hydrogens (tertiary/aromatic N) is 1. The molecule has 0 radical (unpaired) electrons. The second kappa shape index (κ2) is 9.13. The molecule has 0 saturated carbocycles. The highest BCUT2D eigenvalue weighted by Crippen LogP contribution is 2.36. The van der Waals surface area contributed by atoms with Crippen LogP contribution in [0, 0.1) is 5.92 Å². The van der Waals surface area contributed by atoms with Crippen LogP contribution in [0.3, 0.4) is 0 Å². The van der Waals surface area contributed by atoms with Gasteiger partial charge in [0.15, 0.2) is 0 Å². The number of hydrogen-bond donors (Lipinski definition) is 2. The first-order valence-corrected chi connectivity index (χ1v) is 9.59. The second-order valence-electron chi connectivity index (χ2n) is 7.33. The molecule has 2 amide bonds. The minimum Gasteiger partial charge on any atom is -0.354 e. The molecule has 5 nitrogen and oxygen atoms in total. The van der Waals surface area contributed by atoms with Crippen molar-refractivity contribution < 1.29 is 22.8 Å². The highest BCUT2D eigenvalue weighted by atomic mass is 35.5. The number of carbonyl (C=O) groups is 2. The first-order chi connectivity index (χ1) is 13.0. The number of halogens is 4. The fraction of sp³-hybridized carbons (Fsp3) is 0.579. The molecule has 1 heterocycles. The van der Waals surface area contributed by atoms with Crippen LogP contribution in [0.25, 0.3) is 0 Å². The number of benzene rings is 1. The monoisotopic (exact) mass is 419 g/mol. The summed E-state index contributed by atoms with van der Waals surface area (Å²) in [7, 11) is 0. The van der Waals surface area contributed by atoms with Gasteiger partial charge in [-0.25, -0.2) is 0 Å². The van der Waals surface area contributed by atoms with Gasteiger partial charge in [0.25, 0.3) is 0 Å². The molecular formula is C19H25ClF3N3O2. The Morgan fingerprint density at radius 2 is 1.79 bits per heavy atom. The van der Waals surface area contributed by atoms with Crippen LogP contribution in [-0.4, -0.2) is 41.9 Å². The van der Waals surface area contributed by atoms with Gasteiger partial charge in [-0.3, -0.25) is 14.5 Å². The topological polar surface area (TPSA) is 61.4 Å². The third-order valence-electron chi connectivity index (χ3n) is 4.80. The molecule has 9 heteroatoms. The predicted molar refractivity (Wildman–Crippen MR) is 102 cm³/mol. The maximum Gasteiger partial charge on any atom is 0.417 e. The molecule has 1 atom stereocenters. The number of amides is 2. The van der Waals surface area contributed by atoms with Gasteiger partial charge in [0.2, 0.25) is 11.8 Å². The van der Waals surface area contributed by atoms with Gasteiger partial charge in [-0.1, -0.05) is 11.6 Å². The zero-order valence-corrected chi connectivity index (χ0v) is 16.8. The molecule has 1 fully saturated rings. The Balaban J connectivity index is 1.95. The SMILES string of the molecule is CC(C)NC(=O)C1CCN(C(C)C(=O)Nc2ccc(Cl)c(C(F)(F)F)c2)CC1. The van der Waals surface area contributed by atoms with Crippen LogP contribution in [0.5, 0.6) is 0 Å². The van der Waals surface area contributed by atoms with Crippen molar-refractivity contribution in [1.29, 1.82) is 0 Å². The lowest BCUT2D eigenvalue weighted by Crippen LogP contribution is -2.48. The van der Waals surface area contributed by atoms with E-state index in [0.717, 1.165) is 12.1 Å². The number of hydrogen-bond acceptors (Lipinski definition) is 3. The Bertz CT molecular complexity index is 717. The third-order valence-corrected chi connectivity index (χ3v) is 5.13. The van der Waals surface area contributed by atoms with E-state index >= 15 is 0 Å². The highest BCUT2D eigenvalue weighted by molar-refractivity contribution is 6.31. The van der Waals surface area contributed by atoms with E-state index in [4.69, 9.17) is 11.6 Å². The van der Waals surface area contributed by atoms with Crippen molar-refractivity contribution >= 4 is 29.1 Å². The lowest BCUT2D eigenvalue weighted by atomic mass is 9.94. The van der Waals surface area contributed by atoms with Crippen LogP contribution in [0.15, 0.2) is 18.2 Å². The molecule has 1 aromatic rings. The Morgan fingerprint density at radius 1 is 1.18 bits per heavy atom. The number of alkyl halides is 3. The van der Waals surface area contributed by atoms with E-state index in [2.05, 4.69) is 10.6 Å². The maximum absolute atomic E-state index is 13.0. The standard InChI is InChI=1S/C19H25ClF3N3O2/c1-11(2)24-18(28)13-6-8-26(9-7-13)12(3)17(27)25-14-4-5-16(20)15(10-14)19(21,22)23/h4-5,10-13H,6-9H2,1-3H3,(H,24,28)(H,25,27). The van der Waals surface area contributed by atoms with E-state index < -0.39 is 28.7 Å². The summed E-state index contributed by atoms with van der Waals surface area (Å²) in [6.07, 6.45) is -3.33. The molecule has 1 aliphatic rings. The predicted octanol–water partition coefficient (Wildman–Crippen LogP) is 3.92. The van der Waals surface area contributed by atoms with Crippen molar-refractivity contribution in [3.05, 3.63) is 28.8 Å². The van der Waals surface area contributed by atoms with E-state index in [1.807, 2.05) is 18.7 Å². The van der Waals surface area contributed by atoms with Gasteiger partial charge in [-0.2, -0.15) is 13.2 Å². The Hall–Kier alpha value is -1.80. The molecule has 0 aliphatic carbocycles. The molecule has 28 heavy (non-hydrogen) atoms. The van der Waals surface area contributed by atoms with Gasteiger partial charge in [-0.15, -0.1) is 0 Å². The number of piperidine rings is 1. The number of likely N-dealkylation sites (tertiary alicyclic amines) is 1. The lowest BCUT2D eigenvalue weighted by Gasteiger charge is -2.35. The van der Waals surface area contributed by atoms with E-state index in [9.17, 15) is 22.8 Å². The smallest absolute Gasteiger partial charge is 0.354 e. The number of carbonyl (C=O) groups excluding carboxylic acids is 2. The van der Waals surface area contributed by atoms with Gasteiger partial charge in [0, 0.05) is 17.6 Å². The molecule has 2 rings (SSSR count). The number of nitrogens with one attached hydrogen (secondary N) is 2. The quantitative estimate of drug-likeness (QED) is 0.760. The largest absolute Gasteiger partial charge is 0.417 e. The Morgan fingerprint density at radius 3 is 2.32 bits per heavy atom. The van der Waals surface area contributed by atoms with Gasteiger partial charge in [0.1, 0.15) is 0 Å². The first kappa shape index (κ1) is 22.5. The molecule has 156 valence electrons. The molecule has 1 saturated heterocycles. The summed E-state index contributed by atoms with van der Waals surface area (Å²) in [5.74, 6) is -0.465. The Kier molecular flexibility index (Phi) is 7.33. The van der Waals surface area contributed by atoms with Gasteiger partial charge in [-0.05, 0) is 64.9 Å². The molecule has 1 unspecified atom stereocenters.